The average molecular weight is 381 g/mol. The summed E-state index contributed by atoms with van der Waals surface area (Å²) < 4.78 is 6.15. The van der Waals surface area contributed by atoms with Crippen molar-refractivity contribution in [3.8, 4) is 0 Å². The van der Waals surface area contributed by atoms with Gasteiger partial charge in [-0.3, -0.25) is 0 Å². The average Bonchev–Trinajstić information content (AvgIpc) is 2.65. The summed E-state index contributed by atoms with van der Waals surface area (Å²) in [5.41, 5.74) is 0. The van der Waals surface area contributed by atoms with Gasteiger partial charge in [0.05, 0.1) is 6.10 Å². The van der Waals surface area contributed by atoms with Gasteiger partial charge in [-0.15, -0.1) is 0 Å². The molecule has 1 saturated heterocycles. The summed E-state index contributed by atoms with van der Waals surface area (Å²) in [5, 5.41) is 3.35. The van der Waals surface area contributed by atoms with E-state index >= 15 is 0 Å². The lowest BCUT2D eigenvalue weighted by atomic mass is 9.89. The van der Waals surface area contributed by atoms with Crippen LogP contribution in [-0.4, -0.2) is 50.3 Å². The molecule has 0 radical (unpaired) electrons. The van der Waals surface area contributed by atoms with Crippen LogP contribution < -0.4 is 5.32 Å². The molecule has 1 atom stereocenters. The molecular formula is C24H48N2O. The molecule has 0 bridgehead atoms. The predicted molar refractivity (Wildman–Crippen MR) is 117 cm³/mol. The van der Waals surface area contributed by atoms with Crippen molar-refractivity contribution in [3.05, 3.63) is 0 Å². The van der Waals surface area contributed by atoms with Gasteiger partial charge in [0.2, 0.25) is 0 Å². The Morgan fingerprint density at radius 1 is 0.926 bits per heavy atom. The second kappa shape index (κ2) is 14.0. The molecule has 1 unspecified atom stereocenters. The minimum absolute atomic E-state index is 0.534. The largest absolute Gasteiger partial charge is 0.378 e. The summed E-state index contributed by atoms with van der Waals surface area (Å²) in [6, 6.07) is 0.707. The second-order valence-corrected chi connectivity index (χ2v) is 9.37. The smallest absolute Gasteiger partial charge is 0.0605 e. The van der Waals surface area contributed by atoms with Gasteiger partial charge in [0.1, 0.15) is 0 Å². The number of likely N-dealkylation sites (tertiary alicyclic amines) is 1. The molecule has 2 fully saturated rings. The van der Waals surface area contributed by atoms with Crippen LogP contribution in [0, 0.1) is 11.8 Å². The Morgan fingerprint density at radius 2 is 1.56 bits per heavy atom. The van der Waals surface area contributed by atoms with Crippen molar-refractivity contribution in [2.75, 3.05) is 33.3 Å². The minimum atomic E-state index is 0.534. The lowest BCUT2D eigenvalue weighted by molar-refractivity contribution is -0.0397. The molecule has 0 aromatic rings. The fourth-order valence-electron chi connectivity index (χ4n) is 4.78. The molecule has 160 valence electrons. The highest BCUT2D eigenvalue weighted by Crippen LogP contribution is 2.27. The third-order valence-corrected chi connectivity index (χ3v) is 6.98. The number of unbranched alkanes of at least 4 members (excludes halogenated alkanes) is 5. The van der Waals surface area contributed by atoms with E-state index in [9.17, 15) is 0 Å². The molecule has 0 spiro atoms. The van der Waals surface area contributed by atoms with Gasteiger partial charge in [0.25, 0.3) is 0 Å². The highest BCUT2D eigenvalue weighted by molar-refractivity contribution is 4.85. The summed E-state index contributed by atoms with van der Waals surface area (Å²) >= 11 is 0. The Labute approximate surface area is 170 Å². The minimum Gasteiger partial charge on any atom is -0.378 e. The fraction of sp³-hybridized carbons (Fsp3) is 1.00. The number of piperidine rings is 1. The summed E-state index contributed by atoms with van der Waals surface area (Å²) in [6.45, 7) is 9.61. The van der Waals surface area contributed by atoms with Crippen LogP contribution in [0.4, 0.5) is 0 Å². The maximum atomic E-state index is 6.15. The van der Waals surface area contributed by atoms with Gasteiger partial charge in [0.15, 0.2) is 0 Å². The Bertz CT molecular complexity index is 348. The van der Waals surface area contributed by atoms with Gasteiger partial charge in [-0.25, -0.2) is 0 Å². The van der Waals surface area contributed by atoms with Gasteiger partial charge in [0, 0.05) is 19.2 Å². The molecular weight excluding hydrogens is 332 g/mol. The van der Waals surface area contributed by atoms with Crippen LogP contribution in [0.3, 0.4) is 0 Å². The molecule has 1 aliphatic heterocycles. The molecule has 3 heteroatoms. The van der Waals surface area contributed by atoms with E-state index in [4.69, 9.17) is 4.74 Å². The fourth-order valence-corrected chi connectivity index (χ4v) is 4.78. The van der Waals surface area contributed by atoms with Crippen molar-refractivity contribution in [1.29, 1.82) is 0 Å². The normalized spacial score (nSPS) is 25.4. The first-order valence-corrected chi connectivity index (χ1v) is 12.3. The highest BCUT2D eigenvalue weighted by atomic mass is 16.5. The molecule has 1 saturated carbocycles. The highest BCUT2D eigenvalue weighted by Gasteiger charge is 2.30. The van der Waals surface area contributed by atoms with Crippen LogP contribution in [0.1, 0.15) is 97.3 Å². The summed E-state index contributed by atoms with van der Waals surface area (Å²) in [5.74, 6) is 1.74. The van der Waals surface area contributed by atoms with Crippen LogP contribution >= 0.6 is 0 Å². The number of nitrogens with zero attached hydrogens (tertiary/aromatic N) is 1. The Hall–Kier alpha value is -0.120. The third-order valence-electron chi connectivity index (χ3n) is 6.98. The summed E-state index contributed by atoms with van der Waals surface area (Å²) in [4.78, 5) is 2.77. The van der Waals surface area contributed by atoms with E-state index in [1.165, 1.54) is 103 Å². The van der Waals surface area contributed by atoms with Crippen LogP contribution in [-0.2, 0) is 4.74 Å². The number of nitrogens with one attached hydrogen (secondary N) is 1. The van der Waals surface area contributed by atoms with Gasteiger partial charge in [-0.1, -0.05) is 58.8 Å². The van der Waals surface area contributed by atoms with Crippen molar-refractivity contribution in [1.82, 2.24) is 10.2 Å². The first kappa shape index (κ1) is 23.2. The van der Waals surface area contributed by atoms with Crippen LogP contribution in [0.15, 0.2) is 0 Å². The Kier molecular flexibility index (Phi) is 12.0. The Morgan fingerprint density at radius 3 is 2.19 bits per heavy atom. The molecule has 1 heterocycles. The van der Waals surface area contributed by atoms with Crippen molar-refractivity contribution in [2.24, 2.45) is 11.8 Å². The summed E-state index contributed by atoms with van der Waals surface area (Å²) in [6.07, 6.45) is 18.4. The topological polar surface area (TPSA) is 24.5 Å². The van der Waals surface area contributed by atoms with E-state index in [2.05, 4.69) is 31.1 Å². The lowest BCUT2D eigenvalue weighted by Crippen LogP contribution is -2.45. The van der Waals surface area contributed by atoms with Crippen LogP contribution in [0.5, 0.6) is 0 Å². The van der Waals surface area contributed by atoms with Crippen molar-refractivity contribution < 1.29 is 4.74 Å². The van der Waals surface area contributed by atoms with Crippen molar-refractivity contribution in [2.45, 2.75) is 109 Å². The molecule has 2 rings (SSSR count). The lowest BCUT2D eigenvalue weighted by Gasteiger charge is -2.38. The molecule has 0 aromatic heterocycles. The number of rotatable bonds is 15. The molecule has 3 nitrogen and oxygen atoms in total. The van der Waals surface area contributed by atoms with E-state index in [0.29, 0.717) is 12.1 Å². The SMILES string of the molecule is CCCCCCC(CCCCC)CN1CCC(CO[C@H]2C[C@H](NC)C2)CC1. The maximum Gasteiger partial charge on any atom is 0.0605 e. The molecule has 1 N–H and O–H groups in total. The third kappa shape index (κ3) is 9.28. The van der Waals surface area contributed by atoms with Crippen LogP contribution in [0.2, 0.25) is 0 Å². The zero-order valence-electron chi connectivity index (χ0n) is 18.7. The zero-order chi connectivity index (χ0) is 19.3. The van der Waals surface area contributed by atoms with E-state index in [-0.39, 0.29) is 0 Å². The van der Waals surface area contributed by atoms with Gasteiger partial charge >= 0.3 is 0 Å². The van der Waals surface area contributed by atoms with Gasteiger partial charge in [-0.05, 0) is 70.5 Å². The summed E-state index contributed by atoms with van der Waals surface area (Å²) in [7, 11) is 2.07. The molecule has 0 amide bonds. The zero-order valence-corrected chi connectivity index (χ0v) is 18.7. The Balaban J connectivity index is 1.59. The van der Waals surface area contributed by atoms with Gasteiger partial charge < -0.3 is 15.0 Å². The molecule has 0 aromatic carbocycles. The monoisotopic (exact) mass is 380 g/mol. The molecule has 27 heavy (non-hydrogen) atoms. The van der Waals surface area contributed by atoms with E-state index < -0.39 is 0 Å². The number of hydrogen-bond donors (Lipinski definition) is 1. The second-order valence-electron chi connectivity index (χ2n) is 9.37. The molecule has 2 aliphatic rings. The number of hydrogen-bond acceptors (Lipinski definition) is 3. The van der Waals surface area contributed by atoms with E-state index in [0.717, 1.165) is 18.4 Å². The van der Waals surface area contributed by atoms with Crippen LogP contribution in [0.25, 0.3) is 0 Å². The predicted octanol–water partition coefficient (Wildman–Crippen LogP) is 5.63. The van der Waals surface area contributed by atoms with Gasteiger partial charge in [-0.2, -0.15) is 0 Å². The number of ether oxygens (including phenoxy) is 1. The van der Waals surface area contributed by atoms with Crippen molar-refractivity contribution >= 4 is 0 Å². The molecule has 1 aliphatic carbocycles. The quantitative estimate of drug-likeness (QED) is 0.372. The standard InChI is InChI=1S/C24H48N2O/c1-4-6-8-10-12-21(11-9-7-5-2)19-26-15-13-22(14-16-26)20-27-24-17-23(18-24)25-3/h21-25H,4-20H2,1-3H3/t21?,23-,24-. The maximum absolute atomic E-state index is 6.15. The first-order valence-electron chi connectivity index (χ1n) is 12.3. The van der Waals surface area contributed by atoms with E-state index in [1.807, 2.05) is 0 Å². The first-order chi connectivity index (χ1) is 13.2. The van der Waals surface area contributed by atoms with E-state index in [1.54, 1.807) is 0 Å². The van der Waals surface area contributed by atoms with Crippen molar-refractivity contribution in [3.63, 3.8) is 0 Å².